The Morgan fingerprint density at radius 1 is 1.17 bits per heavy atom. The fourth-order valence-corrected chi connectivity index (χ4v) is 8.28. The van der Waals surface area contributed by atoms with E-state index in [1.165, 1.54) is 24.0 Å². The molecule has 2 saturated carbocycles. The smallest absolute Gasteiger partial charge is 0.217 e. The van der Waals surface area contributed by atoms with Gasteiger partial charge in [0.1, 0.15) is 6.10 Å². The average Bonchev–Trinajstić information content (AvgIpc) is 3.59. The fourth-order valence-electron chi connectivity index (χ4n) is 8.16. The quantitative estimate of drug-likeness (QED) is 0.553. The van der Waals surface area contributed by atoms with Crippen molar-refractivity contribution in [2.45, 2.75) is 81.1 Å². The van der Waals surface area contributed by atoms with Gasteiger partial charge in [0.05, 0.1) is 11.0 Å². The van der Waals surface area contributed by atoms with Crippen molar-refractivity contribution in [3.8, 4) is 11.5 Å². The standard InChI is InChI=1S/C29H34ClN3O3/c1-17(34)32-29-11-10-22(31-15-18-4-7-21(30)8-5-18)27-28(29)12-13-33(16-19-2-3-19)24(29)14-20-6-9-23(35)26(36-27)25(20)28/h4-9,19,22,24,27,31,35H,2-3,10-16H2,1H3,(H,32,34)/t22-,24-,27+,28+,29-/m1/s1. The highest BCUT2D eigenvalue weighted by atomic mass is 35.5. The zero-order valence-electron chi connectivity index (χ0n) is 20.7. The van der Waals surface area contributed by atoms with Crippen LogP contribution in [0.5, 0.6) is 11.5 Å². The van der Waals surface area contributed by atoms with Crippen molar-refractivity contribution < 1.29 is 14.6 Å². The number of aromatic hydroxyl groups is 1. The predicted octanol–water partition coefficient (Wildman–Crippen LogP) is 3.91. The molecule has 1 saturated heterocycles. The molecule has 7 heteroatoms. The highest BCUT2D eigenvalue weighted by molar-refractivity contribution is 6.30. The van der Waals surface area contributed by atoms with Gasteiger partial charge >= 0.3 is 0 Å². The topological polar surface area (TPSA) is 73.8 Å². The third-order valence-corrected chi connectivity index (χ3v) is 9.95. The van der Waals surface area contributed by atoms with E-state index in [0.29, 0.717) is 5.75 Å². The molecule has 2 aromatic carbocycles. The van der Waals surface area contributed by atoms with E-state index >= 15 is 0 Å². The summed E-state index contributed by atoms with van der Waals surface area (Å²) in [7, 11) is 0. The second-order valence-electron chi connectivity index (χ2n) is 11.7. The zero-order valence-corrected chi connectivity index (χ0v) is 21.5. The van der Waals surface area contributed by atoms with Crippen molar-refractivity contribution >= 4 is 17.5 Å². The summed E-state index contributed by atoms with van der Waals surface area (Å²) < 4.78 is 6.76. The maximum Gasteiger partial charge on any atom is 0.217 e. The van der Waals surface area contributed by atoms with Crippen LogP contribution in [-0.2, 0) is 23.2 Å². The Morgan fingerprint density at radius 3 is 2.72 bits per heavy atom. The van der Waals surface area contributed by atoms with E-state index in [2.05, 4.69) is 33.7 Å². The van der Waals surface area contributed by atoms with Gasteiger partial charge in [-0.05, 0) is 80.3 Å². The monoisotopic (exact) mass is 507 g/mol. The van der Waals surface area contributed by atoms with Crippen LogP contribution < -0.4 is 15.4 Å². The SMILES string of the molecule is CC(=O)N[C@@]12CC[C@@H](NCc3ccc(Cl)cc3)[C@@H]3Oc4c(O)ccc5c4[C@@]31CCN(CC1CC1)[C@@H]2C5. The molecule has 0 aromatic heterocycles. The first-order chi connectivity index (χ1) is 17.4. The summed E-state index contributed by atoms with van der Waals surface area (Å²) in [6.45, 7) is 4.49. The summed E-state index contributed by atoms with van der Waals surface area (Å²) in [4.78, 5) is 15.5. The Morgan fingerprint density at radius 2 is 1.97 bits per heavy atom. The molecule has 5 aliphatic rings. The normalized spacial score (nSPS) is 34.1. The van der Waals surface area contributed by atoms with Gasteiger partial charge in [0.2, 0.25) is 5.91 Å². The number of carbonyl (C=O) groups is 1. The van der Waals surface area contributed by atoms with Gasteiger partial charge in [0.25, 0.3) is 0 Å². The van der Waals surface area contributed by atoms with Crippen LogP contribution in [0.2, 0.25) is 5.02 Å². The fraction of sp³-hybridized carbons (Fsp3) is 0.552. The first-order valence-corrected chi connectivity index (χ1v) is 13.8. The van der Waals surface area contributed by atoms with Gasteiger partial charge in [-0.15, -0.1) is 0 Å². The van der Waals surface area contributed by atoms with E-state index in [0.717, 1.165) is 61.8 Å². The number of hydrogen-bond donors (Lipinski definition) is 3. The van der Waals surface area contributed by atoms with Crippen LogP contribution in [0.25, 0.3) is 0 Å². The minimum atomic E-state index is -0.402. The highest BCUT2D eigenvalue weighted by Gasteiger charge is 2.73. The van der Waals surface area contributed by atoms with Gasteiger partial charge in [-0.3, -0.25) is 9.69 Å². The maximum atomic E-state index is 12.8. The van der Waals surface area contributed by atoms with Crippen LogP contribution in [-0.4, -0.2) is 52.7 Å². The van der Waals surface area contributed by atoms with Crippen molar-refractivity contribution in [3.05, 3.63) is 58.1 Å². The molecule has 0 unspecified atom stereocenters. The van der Waals surface area contributed by atoms with Crippen LogP contribution in [0.1, 0.15) is 55.7 Å². The van der Waals surface area contributed by atoms with Crippen LogP contribution in [0.15, 0.2) is 36.4 Å². The van der Waals surface area contributed by atoms with Gasteiger partial charge in [-0.1, -0.05) is 29.8 Å². The van der Waals surface area contributed by atoms with Gasteiger partial charge in [-0.2, -0.15) is 0 Å². The summed E-state index contributed by atoms with van der Waals surface area (Å²) in [6, 6.07) is 12.2. The maximum absolute atomic E-state index is 12.8. The van der Waals surface area contributed by atoms with E-state index in [1.54, 1.807) is 13.0 Å². The number of nitrogens with one attached hydrogen (secondary N) is 2. The van der Waals surface area contributed by atoms with Crippen LogP contribution in [0.3, 0.4) is 0 Å². The van der Waals surface area contributed by atoms with Crippen molar-refractivity contribution in [3.63, 3.8) is 0 Å². The molecule has 6 nitrogen and oxygen atoms in total. The summed E-state index contributed by atoms with van der Waals surface area (Å²) in [5.41, 5.74) is 2.84. The molecule has 36 heavy (non-hydrogen) atoms. The lowest BCUT2D eigenvalue weighted by molar-refractivity contribution is -0.135. The van der Waals surface area contributed by atoms with Crippen molar-refractivity contribution in [2.75, 3.05) is 13.1 Å². The average molecular weight is 508 g/mol. The molecular formula is C29H34ClN3O3. The Bertz CT molecular complexity index is 1210. The Labute approximate surface area is 217 Å². The summed E-state index contributed by atoms with van der Waals surface area (Å²) >= 11 is 6.10. The number of carbonyl (C=O) groups excluding carboxylic acids is 1. The zero-order chi connectivity index (χ0) is 24.7. The summed E-state index contributed by atoms with van der Waals surface area (Å²) in [5.74, 6) is 1.67. The first kappa shape index (κ1) is 22.9. The van der Waals surface area contributed by atoms with E-state index in [-0.39, 0.29) is 35.3 Å². The lowest BCUT2D eigenvalue weighted by Gasteiger charge is -2.66. The molecule has 3 aliphatic carbocycles. The number of halogens is 1. The van der Waals surface area contributed by atoms with E-state index in [9.17, 15) is 9.90 Å². The number of nitrogens with zero attached hydrogens (tertiary/aromatic N) is 1. The number of rotatable bonds is 6. The second kappa shape index (κ2) is 8.11. The van der Waals surface area contributed by atoms with Gasteiger partial charge in [0.15, 0.2) is 11.5 Å². The number of likely N-dealkylation sites (tertiary alicyclic amines) is 1. The van der Waals surface area contributed by atoms with Gasteiger partial charge in [0, 0.05) is 42.7 Å². The third kappa shape index (κ3) is 3.20. The lowest BCUT2D eigenvalue weighted by atomic mass is 9.46. The molecule has 2 aromatic rings. The molecule has 1 spiro atoms. The molecule has 2 bridgehead atoms. The number of phenols is 1. The van der Waals surface area contributed by atoms with Crippen LogP contribution in [0, 0.1) is 5.92 Å². The molecular weight excluding hydrogens is 474 g/mol. The molecule has 1 amide bonds. The second-order valence-corrected chi connectivity index (χ2v) is 12.1. The third-order valence-electron chi connectivity index (χ3n) is 9.70. The number of piperidine rings is 1. The van der Waals surface area contributed by atoms with E-state index in [4.69, 9.17) is 16.3 Å². The molecule has 2 heterocycles. The van der Waals surface area contributed by atoms with Crippen LogP contribution in [0.4, 0.5) is 0 Å². The van der Waals surface area contributed by atoms with Crippen molar-refractivity contribution in [2.24, 2.45) is 5.92 Å². The van der Waals surface area contributed by atoms with E-state index < -0.39 is 5.54 Å². The van der Waals surface area contributed by atoms with Crippen LogP contribution >= 0.6 is 11.6 Å². The van der Waals surface area contributed by atoms with E-state index in [1.807, 2.05) is 12.1 Å². The minimum Gasteiger partial charge on any atom is -0.504 e. The molecule has 3 N–H and O–H groups in total. The van der Waals surface area contributed by atoms with Crippen molar-refractivity contribution in [1.82, 2.24) is 15.5 Å². The van der Waals surface area contributed by atoms with Gasteiger partial charge < -0.3 is 20.5 Å². The molecule has 7 rings (SSSR count). The Balaban J connectivity index is 1.32. The Hall–Kier alpha value is -2.28. The first-order valence-electron chi connectivity index (χ1n) is 13.4. The van der Waals surface area contributed by atoms with Gasteiger partial charge in [-0.25, -0.2) is 0 Å². The van der Waals surface area contributed by atoms with Crippen molar-refractivity contribution in [1.29, 1.82) is 0 Å². The molecule has 5 atom stereocenters. The molecule has 0 radical (unpaired) electrons. The number of benzene rings is 2. The number of hydrogen-bond acceptors (Lipinski definition) is 5. The number of phenolic OH excluding ortho intramolecular Hbond substituents is 1. The number of ether oxygens (including phenoxy) is 1. The Kier molecular flexibility index (Phi) is 5.15. The summed E-state index contributed by atoms with van der Waals surface area (Å²) in [6.07, 6.45) is 6.08. The largest absolute Gasteiger partial charge is 0.504 e. The highest BCUT2D eigenvalue weighted by Crippen LogP contribution is 2.65. The molecule has 3 fully saturated rings. The lowest BCUT2D eigenvalue weighted by Crippen LogP contribution is -2.82. The minimum absolute atomic E-state index is 0.0241. The number of amides is 1. The summed E-state index contributed by atoms with van der Waals surface area (Å²) in [5, 5.41) is 19.0. The molecule has 2 aliphatic heterocycles. The molecule has 190 valence electrons. The predicted molar refractivity (Wildman–Crippen MR) is 138 cm³/mol.